The Morgan fingerprint density at radius 3 is 2.60 bits per heavy atom. The van der Waals surface area contributed by atoms with Crippen LogP contribution in [0.25, 0.3) is 0 Å². The van der Waals surface area contributed by atoms with Gasteiger partial charge in [0.2, 0.25) is 5.91 Å². The molecule has 1 fully saturated rings. The second-order valence-electron chi connectivity index (χ2n) is 6.04. The summed E-state index contributed by atoms with van der Waals surface area (Å²) in [6.45, 7) is 3.74. The summed E-state index contributed by atoms with van der Waals surface area (Å²) in [5, 5.41) is 12.6. The molecule has 0 atom stereocenters. The molecule has 2 rings (SSSR count). The smallest absolute Gasteiger partial charge is 0.224 e. The Balaban J connectivity index is 1.86. The zero-order chi connectivity index (χ0) is 14.5. The quantitative estimate of drug-likeness (QED) is 0.804. The average molecular weight is 275 g/mol. The first kappa shape index (κ1) is 14.9. The molecule has 1 amide bonds. The molecule has 1 saturated carbocycles. The molecule has 0 aromatic heterocycles. The van der Waals surface area contributed by atoms with Crippen LogP contribution in [0.1, 0.15) is 56.1 Å². The van der Waals surface area contributed by atoms with Crippen LogP contribution in [0.3, 0.4) is 0 Å². The van der Waals surface area contributed by atoms with E-state index in [9.17, 15) is 9.90 Å². The summed E-state index contributed by atoms with van der Waals surface area (Å²) in [6, 6.07) is 3.54. The van der Waals surface area contributed by atoms with E-state index in [0.717, 1.165) is 29.2 Å². The van der Waals surface area contributed by atoms with E-state index in [-0.39, 0.29) is 11.7 Å². The first-order valence-corrected chi connectivity index (χ1v) is 7.66. The second-order valence-corrected chi connectivity index (χ2v) is 6.04. The van der Waals surface area contributed by atoms with Crippen LogP contribution >= 0.6 is 0 Å². The number of aryl methyl sites for hydroxylation is 2. The number of benzene rings is 1. The highest BCUT2D eigenvalue weighted by atomic mass is 16.3. The Kier molecular flexibility index (Phi) is 5.05. The minimum Gasteiger partial charge on any atom is -0.508 e. The van der Waals surface area contributed by atoms with Crippen molar-refractivity contribution in [2.24, 2.45) is 5.92 Å². The Morgan fingerprint density at radius 1 is 1.20 bits per heavy atom. The van der Waals surface area contributed by atoms with Gasteiger partial charge in [-0.3, -0.25) is 4.79 Å². The van der Waals surface area contributed by atoms with Crippen molar-refractivity contribution in [2.75, 3.05) is 5.32 Å². The maximum absolute atomic E-state index is 12.0. The Bertz CT molecular complexity index is 476. The van der Waals surface area contributed by atoms with Crippen molar-refractivity contribution in [3.63, 3.8) is 0 Å². The first-order valence-electron chi connectivity index (χ1n) is 7.66. The van der Waals surface area contributed by atoms with Crippen molar-refractivity contribution in [1.29, 1.82) is 0 Å². The highest BCUT2D eigenvalue weighted by Crippen LogP contribution is 2.28. The molecule has 0 radical (unpaired) electrons. The van der Waals surface area contributed by atoms with E-state index < -0.39 is 0 Å². The molecular formula is C17H25NO2. The summed E-state index contributed by atoms with van der Waals surface area (Å²) in [5.74, 6) is 1.10. The van der Waals surface area contributed by atoms with Crippen LogP contribution in [0.4, 0.5) is 5.69 Å². The fourth-order valence-corrected chi connectivity index (χ4v) is 2.96. The van der Waals surface area contributed by atoms with Crippen LogP contribution in [0.5, 0.6) is 5.75 Å². The Morgan fingerprint density at radius 2 is 1.90 bits per heavy atom. The van der Waals surface area contributed by atoms with Crippen molar-refractivity contribution in [1.82, 2.24) is 0 Å². The number of nitrogens with one attached hydrogen (secondary N) is 1. The van der Waals surface area contributed by atoms with Gasteiger partial charge in [-0.05, 0) is 49.4 Å². The van der Waals surface area contributed by atoms with Gasteiger partial charge in [0.1, 0.15) is 5.75 Å². The van der Waals surface area contributed by atoms with Gasteiger partial charge in [-0.1, -0.05) is 32.1 Å². The van der Waals surface area contributed by atoms with Gasteiger partial charge < -0.3 is 10.4 Å². The maximum Gasteiger partial charge on any atom is 0.224 e. The van der Waals surface area contributed by atoms with E-state index in [2.05, 4.69) is 5.32 Å². The van der Waals surface area contributed by atoms with E-state index in [1.165, 1.54) is 32.1 Å². The lowest BCUT2D eigenvalue weighted by molar-refractivity contribution is -0.116. The van der Waals surface area contributed by atoms with Crippen molar-refractivity contribution >= 4 is 11.6 Å². The number of anilines is 1. The topological polar surface area (TPSA) is 49.3 Å². The van der Waals surface area contributed by atoms with Gasteiger partial charge in [-0.25, -0.2) is 0 Å². The number of aromatic hydroxyl groups is 1. The van der Waals surface area contributed by atoms with Gasteiger partial charge in [-0.15, -0.1) is 0 Å². The molecule has 0 bridgehead atoms. The summed E-state index contributed by atoms with van der Waals surface area (Å²) >= 11 is 0. The molecule has 1 aromatic carbocycles. The first-order chi connectivity index (χ1) is 9.56. The lowest BCUT2D eigenvalue weighted by Crippen LogP contribution is -2.15. The predicted molar refractivity (Wildman–Crippen MR) is 82.0 cm³/mol. The Labute approximate surface area is 121 Å². The van der Waals surface area contributed by atoms with Gasteiger partial charge >= 0.3 is 0 Å². The standard InChI is InChI=1S/C17H25NO2/c1-12-11-16(19)13(2)10-15(12)18-17(20)9-8-14-6-4-3-5-7-14/h10-11,14,19H,3-9H2,1-2H3,(H,18,20). The minimum absolute atomic E-state index is 0.0868. The van der Waals surface area contributed by atoms with Gasteiger partial charge in [0.05, 0.1) is 0 Å². The molecule has 1 aromatic rings. The lowest BCUT2D eigenvalue weighted by atomic mass is 9.86. The van der Waals surface area contributed by atoms with Crippen LogP contribution in [0, 0.1) is 19.8 Å². The largest absolute Gasteiger partial charge is 0.508 e. The van der Waals surface area contributed by atoms with Gasteiger partial charge in [0.15, 0.2) is 0 Å². The average Bonchev–Trinajstić information content (AvgIpc) is 2.44. The van der Waals surface area contributed by atoms with E-state index in [1.807, 2.05) is 19.9 Å². The molecule has 0 aliphatic heterocycles. The third-order valence-electron chi connectivity index (χ3n) is 4.32. The third kappa shape index (κ3) is 3.99. The van der Waals surface area contributed by atoms with Crippen LogP contribution in [-0.4, -0.2) is 11.0 Å². The van der Waals surface area contributed by atoms with Crippen molar-refractivity contribution in [3.8, 4) is 5.75 Å². The minimum atomic E-state index is 0.0868. The van der Waals surface area contributed by atoms with Crippen LogP contribution in [0.15, 0.2) is 12.1 Å². The number of rotatable bonds is 4. The zero-order valence-corrected chi connectivity index (χ0v) is 12.5. The molecular weight excluding hydrogens is 250 g/mol. The monoisotopic (exact) mass is 275 g/mol. The number of carbonyl (C=O) groups excluding carboxylic acids is 1. The van der Waals surface area contributed by atoms with Crippen molar-refractivity contribution < 1.29 is 9.90 Å². The van der Waals surface area contributed by atoms with Crippen LogP contribution < -0.4 is 5.32 Å². The fraction of sp³-hybridized carbons (Fsp3) is 0.588. The molecule has 3 nitrogen and oxygen atoms in total. The van der Waals surface area contributed by atoms with Crippen molar-refractivity contribution in [2.45, 2.75) is 58.8 Å². The summed E-state index contributed by atoms with van der Waals surface area (Å²) in [5.41, 5.74) is 2.51. The Hall–Kier alpha value is -1.51. The molecule has 0 saturated heterocycles. The number of carbonyl (C=O) groups is 1. The third-order valence-corrected chi connectivity index (χ3v) is 4.32. The zero-order valence-electron chi connectivity index (χ0n) is 12.5. The summed E-state index contributed by atoms with van der Waals surface area (Å²) < 4.78 is 0. The molecule has 1 aliphatic rings. The molecule has 2 N–H and O–H groups in total. The molecule has 110 valence electrons. The SMILES string of the molecule is Cc1cc(NC(=O)CCC2CCCCC2)c(C)cc1O. The lowest BCUT2D eigenvalue weighted by Gasteiger charge is -2.21. The van der Waals surface area contributed by atoms with E-state index >= 15 is 0 Å². The number of hydrogen-bond donors (Lipinski definition) is 2. The summed E-state index contributed by atoms with van der Waals surface area (Å²) in [4.78, 5) is 12.0. The molecule has 3 heteroatoms. The fourth-order valence-electron chi connectivity index (χ4n) is 2.96. The van der Waals surface area contributed by atoms with E-state index in [4.69, 9.17) is 0 Å². The van der Waals surface area contributed by atoms with Crippen molar-refractivity contribution in [3.05, 3.63) is 23.3 Å². The molecule has 20 heavy (non-hydrogen) atoms. The molecule has 0 heterocycles. The van der Waals surface area contributed by atoms with Crippen LogP contribution in [0.2, 0.25) is 0 Å². The van der Waals surface area contributed by atoms with Gasteiger partial charge in [0.25, 0.3) is 0 Å². The number of amides is 1. The van der Waals surface area contributed by atoms with Gasteiger partial charge in [-0.2, -0.15) is 0 Å². The highest BCUT2D eigenvalue weighted by molar-refractivity contribution is 5.91. The number of hydrogen-bond acceptors (Lipinski definition) is 2. The predicted octanol–water partition coefficient (Wildman–Crippen LogP) is 4.31. The molecule has 1 aliphatic carbocycles. The number of phenolic OH excluding ortho intramolecular Hbond substituents is 1. The number of phenols is 1. The second kappa shape index (κ2) is 6.78. The summed E-state index contributed by atoms with van der Waals surface area (Å²) in [7, 11) is 0. The maximum atomic E-state index is 12.0. The normalized spacial score (nSPS) is 16.1. The van der Waals surface area contributed by atoms with Gasteiger partial charge in [0, 0.05) is 12.1 Å². The van der Waals surface area contributed by atoms with E-state index in [1.54, 1.807) is 6.07 Å². The summed E-state index contributed by atoms with van der Waals surface area (Å²) in [6.07, 6.45) is 8.17. The molecule has 0 unspecified atom stereocenters. The van der Waals surface area contributed by atoms with Crippen LogP contribution in [-0.2, 0) is 4.79 Å². The van der Waals surface area contributed by atoms with E-state index in [0.29, 0.717) is 6.42 Å². The molecule has 0 spiro atoms. The highest BCUT2D eigenvalue weighted by Gasteiger charge is 2.15.